The maximum atomic E-state index is 12.3. The number of benzene rings is 1. The number of rotatable bonds is 4. The summed E-state index contributed by atoms with van der Waals surface area (Å²) in [4.78, 5) is 18.8. The number of aryl methyl sites for hydroxylation is 1. The van der Waals surface area contributed by atoms with Crippen molar-refractivity contribution in [2.24, 2.45) is 5.92 Å². The summed E-state index contributed by atoms with van der Waals surface area (Å²) in [6, 6.07) is 10.2. The van der Waals surface area contributed by atoms with Crippen LogP contribution in [-0.2, 0) is 11.3 Å². The Bertz CT molecular complexity index is 915. The second-order valence-electron chi connectivity index (χ2n) is 6.38. The third-order valence-corrected chi connectivity index (χ3v) is 4.93. The molecule has 0 spiro atoms. The van der Waals surface area contributed by atoms with E-state index in [2.05, 4.69) is 55.3 Å². The lowest BCUT2D eigenvalue weighted by Gasteiger charge is -2.39. The third kappa shape index (κ3) is 3.24. The molecule has 4 rings (SSSR count). The number of nitrogens with one attached hydrogen (secondary N) is 1. The Morgan fingerprint density at radius 3 is 2.84 bits per heavy atom. The zero-order chi connectivity index (χ0) is 17.4. The maximum absolute atomic E-state index is 12.3. The molecule has 0 aliphatic carbocycles. The zero-order valence-electron chi connectivity index (χ0n) is 13.8. The van der Waals surface area contributed by atoms with Crippen molar-refractivity contribution in [3.05, 3.63) is 58.5 Å². The average Bonchev–Trinajstić information content (AvgIpc) is 2.94. The lowest BCUT2D eigenvalue weighted by molar-refractivity contribution is -0.125. The van der Waals surface area contributed by atoms with Gasteiger partial charge in [0.25, 0.3) is 0 Å². The first kappa shape index (κ1) is 16.1. The van der Waals surface area contributed by atoms with Crippen LogP contribution in [0.25, 0.3) is 5.52 Å². The number of amides is 1. The molecule has 1 N–H and O–H groups in total. The van der Waals surface area contributed by atoms with Gasteiger partial charge < -0.3 is 10.2 Å². The highest BCUT2D eigenvalue weighted by Gasteiger charge is 2.34. The smallest absolute Gasteiger partial charge is 0.226 e. The van der Waals surface area contributed by atoms with E-state index in [1.807, 2.05) is 24.4 Å². The van der Waals surface area contributed by atoms with Crippen LogP contribution in [0.4, 0.5) is 5.82 Å². The minimum absolute atomic E-state index is 0.00105. The average molecular weight is 400 g/mol. The van der Waals surface area contributed by atoms with E-state index in [0.29, 0.717) is 19.6 Å². The SMILES string of the molecule is Cc1ccc(CNC(=O)C2CN(c3ncnn4cc(Br)cc34)C2)cc1. The van der Waals surface area contributed by atoms with Gasteiger partial charge in [0, 0.05) is 30.3 Å². The summed E-state index contributed by atoms with van der Waals surface area (Å²) in [5, 5.41) is 7.22. The number of anilines is 1. The highest BCUT2D eigenvalue weighted by molar-refractivity contribution is 9.10. The van der Waals surface area contributed by atoms with Crippen molar-refractivity contribution in [2.45, 2.75) is 13.5 Å². The number of fused-ring (bicyclic) bond motifs is 1. The molecule has 1 fully saturated rings. The van der Waals surface area contributed by atoms with E-state index in [4.69, 9.17) is 0 Å². The normalized spacial score (nSPS) is 14.6. The molecule has 1 aromatic carbocycles. The van der Waals surface area contributed by atoms with Crippen molar-refractivity contribution in [2.75, 3.05) is 18.0 Å². The standard InChI is InChI=1S/C18H18BrN5O/c1-12-2-4-13(5-3-12)7-20-18(25)14-8-23(9-14)17-16-6-15(19)10-24(16)22-11-21-17/h2-6,10-11,14H,7-9H2,1H3,(H,20,25). The molecular weight excluding hydrogens is 382 g/mol. The molecule has 25 heavy (non-hydrogen) atoms. The number of nitrogens with zero attached hydrogens (tertiary/aromatic N) is 4. The maximum Gasteiger partial charge on any atom is 0.226 e. The van der Waals surface area contributed by atoms with E-state index in [1.54, 1.807) is 10.8 Å². The van der Waals surface area contributed by atoms with E-state index in [0.717, 1.165) is 21.4 Å². The fourth-order valence-corrected chi connectivity index (χ4v) is 3.40. The lowest BCUT2D eigenvalue weighted by Crippen LogP contribution is -2.54. The Morgan fingerprint density at radius 2 is 2.08 bits per heavy atom. The number of aromatic nitrogens is 3. The highest BCUT2D eigenvalue weighted by atomic mass is 79.9. The van der Waals surface area contributed by atoms with Crippen LogP contribution in [0.5, 0.6) is 0 Å². The summed E-state index contributed by atoms with van der Waals surface area (Å²) >= 11 is 3.46. The van der Waals surface area contributed by atoms with Crippen LogP contribution >= 0.6 is 15.9 Å². The molecule has 3 heterocycles. The Morgan fingerprint density at radius 1 is 1.32 bits per heavy atom. The van der Waals surface area contributed by atoms with Gasteiger partial charge in [0.1, 0.15) is 11.8 Å². The summed E-state index contributed by atoms with van der Waals surface area (Å²) < 4.78 is 2.75. The van der Waals surface area contributed by atoms with Gasteiger partial charge in [0.05, 0.1) is 5.92 Å². The number of carbonyl (C=O) groups is 1. The zero-order valence-corrected chi connectivity index (χ0v) is 15.4. The Kier molecular flexibility index (Phi) is 4.17. The van der Waals surface area contributed by atoms with Crippen LogP contribution in [0.3, 0.4) is 0 Å². The van der Waals surface area contributed by atoms with Gasteiger partial charge in [-0.05, 0) is 34.5 Å². The predicted octanol–water partition coefficient (Wildman–Crippen LogP) is 2.55. The second kappa shape index (κ2) is 6.48. The van der Waals surface area contributed by atoms with Gasteiger partial charge in [-0.1, -0.05) is 29.8 Å². The molecule has 0 saturated carbocycles. The van der Waals surface area contributed by atoms with Crippen molar-refractivity contribution in [1.82, 2.24) is 19.9 Å². The van der Waals surface area contributed by atoms with Crippen LogP contribution in [0.1, 0.15) is 11.1 Å². The first-order valence-corrected chi connectivity index (χ1v) is 8.96. The molecule has 0 radical (unpaired) electrons. The number of hydrogen-bond donors (Lipinski definition) is 1. The van der Waals surface area contributed by atoms with Crippen molar-refractivity contribution in [1.29, 1.82) is 0 Å². The van der Waals surface area contributed by atoms with Crippen LogP contribution in [0, 0.1) is 12.8 Å². The number of hydrogen-bond acceptors (Lipinski definition) is 4. The van der Waals surface area contributed by atoms with Gasteiger partial charge in [0.2, 0.25) is 5.91 Å². The van der Waals surface area contributed by atoms with Crippen molar-refractivity contribution in [3.63, 3.8) is 0 Å². The highest BCUT2D eigenvalue weighted by Crippen LogP contribution is 2.28. The van der Waals surface area contributed by atoms with Crippen molar-refractivity contribution in [3.8, 4) is 0 Å². The van der Waals surface area contributed by atoms with Gasteiger partial charge in [-0.25, -0.2) is 9.50 Å². The van der Waals surface area contributed by atoms with E-state index in [9.17, 15) is 4.79 Å². The topological polar surface area (TPSA) is 62.5 Å². The van der Waals surface area contributed by atoms with E-state index < -0.39 is 0 Å². The first-order chi connectivity index (χ1) is 12.1. The molecule has 1 aliphatic rings. The molecule has 6 nitrogen and oxygen atoms in total. The molecule has 0 bridgehead atoms. The number of carbonyl (C=O) groups excluding carboxylic acids is 1. The summed E-state index contributed by atoms with van der Waals surface area (Å²) in [5.41, 5.74) is 3.27. The predicted molar refractivity (Wildman–Crippen MR) is 99.4 cm³/mol. The van der Waals surface area contributed by atoms with Crippen LogP contribution in [-0.4, -0.2) is 33.6 Å². The van der Waals surface area contributed by atoms with E-state index >= 15 is 0 Å². The lowest BCUT2D eigenvalue weighted by atomic mass is 9.99. The van der Waals surface area contributed by atoms with Crippen molar-refractivity contribution >= 4 is 33.2 Å². The van der Waals surface area contributed by atoms with Gasteiger partial charge in [-0.15, -0.1) is 0 Å². The second-order valence-corrected chi connectivity index (χ2v) is 7.29. The molecule has 3 aromatic rings. The van der Waals surface area contributed by atoms with Gasteiger partial charge in [0.15, 0.2) is 5.82 Å². The summed E-state index contributed by atoms with van der Waals surface area (Å²) in [7, 11) is 0. The molecule has 128 valence electrons. The molecule has 1 saturated heterocycles. The monoisotopic (exact) mass is 399 g/mol. The molecule has 1 aliphatic heterocycles. The first-order valence-electron chi connectivity index (χ1n) is 8.17. The third-order valence-electron chi connectivity index (χ3n) is 4.49. The van der Waals surface area contributed by atoms with Crippen molar-refractivity contribution < 1.29 is 4.79 Å². The minimum Gasteiger partial charge on any atom is -0.353 e. The fraction of sp³-hybridized carbons (Fsp3) is 0.278. The molecule has 0 atom stereocenters. The van der Waals surface area contributed by atoms with E-state index in [1.165, 1.54) is 5.56 Å². The minimum atomic E-state index is -0.00105. The Balaban J connectivity index is 1.36. The largest absolute Gasteiger partial charge is 0.353 e. The quantitative estimate of drug-likeness (QED) is 0.731. The molecular formula is C18H18BrN5O. The summed E-state index contributed by atoms with van der Waals surface area (Å²) in [5.74, 6) is 0.959. The van der Waals surface area contributed by atoms with E-state index in [-0.39, 0.29) is 11.8 Å². The van der Waals surface area contributed by atoms with Crippen LogP contribution in [0.2, 0.25) is 0 Å². The summed E-state index contributed by atoms with van der Waals surface area (Å²) in [6.07, 6.45) is 3.44. The Labute approximate surface area is 154 Å². The Hall–Kier alpha value is -2.41. The molecule has 1 amide bonds. The molecule has 7 heteroatoms. The van der Waals surface area contributed by atoms with Gasteiger partial charge in [-0.3, -0.25) is 4.79 Å². The van der Waals surface area contributed by atoms with Gasteiger partial charge >= 0.3 is 0 Å². The van der Waals surface area contributed by atoms with Gasteiger partial charge in [-0.2, -0.15) is 5.10 Å². The number of halogens is 1. The van der Waals surface area contributed by atoms with Crippen LogP contribution < -0.4 is 10.2 Å². The molecule has 0 unspecified atom stereocenters. The summed E-state index contributed by atoms with van der Waals surface area (Å²) in [6.45, 7) is 3.97. The van der Waals surface area contributed by atoms with Crippen LogP contribution in [0.15, 0.2) is 47.3 Å². The fourth-order valence-electron chi connectivity index (χ4n) is 2.99. The molecule has 2 aromatic heterocycles.